The molecule has 1 aromatic heterocycles. The lowest BCUT2D eigenvalue weighted by Crippen LogP contribution is -2.22. The second-order valence-corrected chi connectivity index (χ2v) is 5.10. The molecule has 0 unspecified atom stereocenters. The van der Waals surface area contributed by atoms with Crippen LogP contribution in [-0.2, 0) is 13.0 Å². The lowest BCUT2D eigenvalue weighted by atomic mass is 10.1. The maximum Gasteiger partial charge on any atom is 0.194 e. The molecule has 0 aliphatic carbocycles. The highest BCUT2D eigenvalue weighted by molar-refractivity contribution is 5.92. The van der Waals surface area contributed by atoms with E-state index in [0.29, 0.717) is 12.5 Å². The topological polar surface area (TPSA) is 76.4 Å². The number of hydrogen-bond donors (Lipinski definition) is 2. The van der Waals surface area contributed by atoms with Crippen molar-refractivity contribution in [3.63, 3.8) is 0 Å². The molecule has 0 radical (unpaired) electrons. The van der Waals surface area contributed by atoms with Gasteiger partial charge in [0.2, 0.25) is 0 Å². The van der Waals surface area contributed by atoms with Gasteiger partial charge in [-0.1, -0.05) is 13.0 Å². The molecule has 1 aromatic carbocycles. The number of rotatable bonds is 5. The van der Waals surface area contributed by atoms with Gasteiger partial charge in [0, 0.05) is 12.1 Å². The van der Waals surface area contributed by atoms with Gasteiger partial charge in [0.1, 0.15) is 12.3 Å². The average Bonchev–Trinajstić information content (AvgIpc) is 2.89. The van der Waals surface area contributed by atoms with Crippen LogP contribution >= 0.6 is 0 Å². The van der Waals surface area contributed by atoms with E-state index in [2.05, 4.69) is 42.1 Å². The molecular formula is C16H22N4O. The molecule has 2 aromatic rings. The summed E-state index contributed by atoms with van der Waals surface area (Å²) in [5.74, 6) is 1.85. The van der Waals surface area contributed by atoms with Crippen LogP contribution in [0.2, 0.25) is 0 Å². The number of aromatic nitrogens is 1. The Labute approximate surface area is 125 Å². The maximum atomic E-state index is 5.88. The Hall–Kier alpha value is -2.30. The van der Waals surface area contributed by atoms with Crippen LogP contribution in [0.25, 0.3) is 0 Å². The number of guanidine groups is 1. The summed E-state index contributed by atoms with van der Waals surface area (Å²) in [7, 11) is 0. The van der Waals surface area contributed by atoms with Crippen LogP contribution < -0.4 is 11.1 Å². The number of aryl methyl sites for hydroxylation is 3. The average molecular weight is 286 g/mol. The Kier molecular flexibility index (Phi) is 4.98. The minimum Gasteiger partial charge on any atom is -0.444 e. The van der Waals surface area contributed by atoms with Crippen molar-refractivity contribution in [3.8, 4) is 0 Å². The number of aliphatic imine (C=N–C) groups is 1. The summed E-state index contributed by atoms with van der Waals surface area (Å²) in [5, 5.41) is 3.08. The molecule has 112 valence electrons. The van der Waals surface area contributed by atoms with Crippen LogP contribution in [0, 0.1) is 13.8 Å². The number of hydrogen-bond acceptors (Lipinski definition) is 3. The van der Waals surface area contributed by atoms with Gasteiger partial charge in [0.25, 0.3) is 0 Å². The third-order valence-electron chi connectivity index (χ3n) is 3.25. The largest absolute Gasteiger partial charge is 0.444 e. The van der Waals surface area contributed by atoms with Gasteiger partial charge in [-0.05, 0) is 43.5 Å². The molecule has 0 fully saturated rings. The van der Waals surface area contributed by atoms with Crippen molar-refractivity contribution in [2.75, 3.05) is 5.32 Å². The van der Waals surface area contributed by atoms with E-state index < -0.39 is 0 Å². The number of oxazole rings is 1. The summed E-state index contributed by atoms with van der Waals surface area (Å²) >= 11 is 0. The first-order valence-corrected chi connectivity index (χ1v) is 7.16. The molecule has 0 aliphatic heterocycles. The Morgan fingerprint density at radius 2 is 2.14 bits per heavy atom. The summed E-state index contributed by atoms with van der Waals surface area (Å²) in [4.78, 5) is 8.46. The van der Waals surface area contributed by atoms with Gasteiger partial charge in [-0.15, -0.1) is 0 Å². The van der Waals surface area contributed by atoms with Crippen LogP contribution in [0.5, 0.6) is 0 Å². The van der Waals surface area contributed by atoms with E-state index in [9.17, 15) is 0 Å². The smallest absolute Gasteiger partial charge is 0.194 e. The van der Waals surface area contributed by atoms with Gasteiger partial charge < -0.3 is 15.5 Å². The lowest BCUT2D eigenvalue weighted by molar-refractivity contribution is 0.454. The SMILES string of the molecule is CCCc1ncc(CN=C(N)Nc2ccc(C)c(C)c2)o1. The first-order valence-electron chi connectivity index (χ1n) is 7.16. The minimum atomic E-state index is 0.367. The molecule has 0 atom stereocenters. The Bertz CT molecular complexity index is 631. The van der Waals surface area contributed by atoms with Crippen molar-refractivity contribution in [1.29, 1.82) is 0 Å². The summed E-state index contributed by atoms with van der Waals surface area (Å²) in [5.41, 5.74) is 9.28. The zero-order chi connectivity index (χ0) is 15.2. The van der Waals surface area contributed by atoms with Crippen molar-refractivity contribution in [2.45, 2.75) is 40.2 Å². The van der Waals surface area contributed by atoms with Crippen LogP contribution in [0.3, 0.4) is 0 Å². The summed E-state index contributed by atoms with van der Waals surface area (Å²) in [6.07, 6.45) is 3.57. The van der Waals surface area contributed by atoms with Gasteiger partial charge in [-0.25, -0.2) is 9.98 Å². The third-order valence-corrected chi connectivity index (χ3v) is 3.25. The Morgan fingerprint density at radius 1 is 1.33 bits per heavy atom. The third kappa shape index (κ3) is 4.34. The standard InChI is InChI=1S/C16H22N4O/c1-4-5-15-18-9-14(21-15)10-19-16(17)20-13-7-6-11(2)12(3)8-13/h6-9H,4-5,10H2,1-3H3,(H3,17,19,20). The van der Waals surface area contributed by atoms with E-state index in [1.54, 1.807) is 6.20 Å². The van der Waals surface area contributed by atoms with E-state index in [4.69, 9.17) is 10.2 Å². The molecule has 0 amide bonds. The van der Waals surface area contributed by atoms with E-state index in [-0.39, 0.29) is 0 Å². The van der Waals surface area contributed by atoms with E-state index in [0.717, 1.165) is 30.2 Å². The van der Waals surface area contributed by atoms with Crippen molar-refractivity contribution < 1.29 is 4.42 Å². The fraction of sp³-hybridized carbons (Fsp3) is 0.375. The molecule has 0 bridgehead atoms. The van der Waals surface area contributed by atoms with Gasteiger partial charge in [0.05, 0.1) is 6.20 Å². The van der Waals surface area contributed by atoms with Crippen molar-refractivity contribution in [3.05, 3.63) is 47.2 Å². The van der Waals surface area contributed by atoms with Crippen molar-refractivity contribution >= 4 is 11.6 Å². The van der Waals surface area contributed by atoms with Gasteiger partial charge in [0.15, 0.2) is 11.9 Å². The predicted octanol–water partition coefficient (Wildman–Crippen LogP) is 3.17. The monoisotopic (exact) mass is 286 g/mol. The molecule has 0 aliphatic rings. The molecule has 0 saturated carbocycles. The molecule has 0 spiro atoms. The number of nitrogens with two attached hydrogens (primary N) is 1. The minimum absolute atomic E-state index is 0.367. The van der Waals surface area contributed by atoms with E-state index in [1.807, 2.05) is 12.1 Å². The van der Waals surface area contributed by atoms with E-state index >= 15 is 0 Å². The maximum absolute atomic E-state index is 5.88. The quantitative estimate of drug-likeness (QED) is 0.654. The zero-order valence-electron chi connectivity index (χ0n) is 12.8. The first-order chi connectivity index (χ1) is 10.1. The van der Waals surface area contributed by atoms with Gasteiger partial charge >= 0.3 is 0 Å². The summed E-state index contributed by atoms with van der Waals surface area (Å²) in [6.45, 7) is 6.62. The van der Waals surface area contributed by atoms with Crippen LogP contribution in [-0.4, -0.2) is 10.9 Å². The molecule has 3 N–H and O–H groups in total. The highest BCUT2D eigenvalue weighted by Gasteiger charge is 2.03. The first kappa shape index (κ1) is 15.1. The van der Waals surface area contributed by atoms with Gasteiger partial charge in [-0.2, -0.15) is 0 Å². The Balaban J connectivity index is 1.95. The van der Waals surface area contributed by atoms with E-state index in [1.165, 1.54) is 11.1 Å². The molecule has 2 rings (SSSR count). The summed E-state index contributed by atoms with van der Waals surface area (Å²) < 4.78 is 5.56. The number of benzene rings is 1. The van der Waals surface area contributed by atoms with Crippen LogP contribution in [0.15, 0.2) is 33.8 Å². The zero-order valence-corrected chi connectivity index (χ0v) is 12.8. The summed E-state index contributed by atoms with van der Waals surface area (Å²) in [6, 6.07) is 6.09. The van der Waals surface area contributed by atoms with Crippen LogP contribution in [0.1, 0.15) is 36.1 Å². The normalized spacial score (nSPS) is 11.7. The molecule has 0 saturated heterocycles. The lowest BCUT2D eigenvalue weighted by Gasteiger charge is -2.07. The fourth-order valence-corrected chi connectivity index (χ4v) is 1.92. The fourth-order valence-electron chi connectivity index (χ4n) is 1.92. The number of nitrogens with zero attached hydrogens (tertiary/aromatic N) is 2. The molecule has 5 nitrogen and oxygen atoms in total. The highest BCUT2D eigenvalue weighted by atomic mass is 16.4. The second kappa shape index (κ2) is 6.92. The molecule has 5 heteroatoms. The molecular weight excluding hydrogens is 264 g/mol. The number of nitrogens with one attached hydrogen (secondary N) is 1. The van der Waals surface area contributed by atoms with Gasteiger partial charge in [-0.3, -0.25) is 0 Å². The molecule has 1 heterocycles. The number of anilines is 1. The second-order valence-electron chi connectivity index (χ2n) is 5.10. The highest BCUT2D eigenvalue weighted by Crippen LogP contribution is 2.14. The van der Waals surface area contributed by atoms with Crippen molar-refractivity contribution in [1.82, 2.24) is 4.98 Å². The Morgan fingerprint density at radius 3 is 2.86 bits per heavy atom. The molecule has 21 heavy (non-hydrogen) atoms. The van der Waals surface area contributed by atoms with Crippen molar-refractivity contribution in [2.24, 2.45) is 10.7 Å². The van der Waals surface area contributed by atoms with Crippen LogP contribution in [0.4, 0.5) is 5.69 Å². The predicted molar refractivity (Wildman–Crippen MR) is 85.4 cm³/mol.